The van der Waals surface area contributed by atoms with Crippen molar-refractivity contribution < 1.29 is 28.2 Å². The maximum atomic E-state index is 15.1. The third-order valence-corrected chi connectivity index (χ3v) is 5.27. The molecule has 2 N–H and O–H groups in total. The number of anilines is 1. The summed E-state index contributed by atoms with van der Waals surface area (Å²) in [6.07, 6.45) is -0.199. The van der Waals surface area contributed by atoms with Gasteiger partial charge in [0.25, 0.3) is 17.8 Å². The fourth-order valence-corrected chi connectivity index (χ4v) is 3.54. The summed E-state index contributed by atoms with van der Waals surface area (Å²) >= 11 is 6.14. The number of aromatic carboxylic acids is 1. The number of benzene rings is 2. The van der Waals surface area contributed by atoms with Crippen molar-refractivity contribution in [2.45, 2.75) is 6.30 Å². The lowest BCUT2D eigenvalue weighted by Gasteiger charge is -2.17. The lowest BCUT2D eigenvalue weighted by Crippen LogP contribution is -2.30. The van der Waals surface area contributed by atoms with Crippen molar-refractivity contribution in [3.63, 3.8) is 0 Å². The van der Waals surface area contributed by atoms with Gasteiger partial charge in [0.05, 0.1) is 24.6 Å². The highest BCUT2D eigenvalue weighted by molar-refractivity contribution is 6.31. The van der Waals surface area contributed by atoms with E-state index in [1.807, 2.05) is 0 Å². The average Bonchev–Trinajstić information content (AvgIpc) is 3.38. The van der Waals surface area contributed by atoms with Crippen LogP contribution in [0.2, 0.25) is 5.02 Å². The number of hydrogen-bond donors (Lipinski definition) is 2. The molecule has 36 heavy (non-hydrogen) atoms. The summed E-state index contributed by atoms with van der Waals surface area (Å²) in [7, 11) is 1.29. The molecule has 2 aromatic heterocycles. The van der Waals surface area contributed by atoms with E-state index in [1.165, 1.54) is 24.2 Å². The van der Waals surface area contributed by atoms with Crippen molar-refractivity contribution in [2.24, 2.45) is 0 Å². The van der Waals surface area contributed by atoms with Crippen LogP contribution in [0.5, 0.6) is 5.75 Å². The van der Waals surface area contributed by atoms with Crippen LogP contribution in [0.15, 0.2) is 59.8 Å². The molecule has 2 heterocycles. The number of tetrazole rings is 1. The number of pyridine rings is 1. The normalized spacial score (nSPS) is 11.7. The summed E-state index contributed by atoms with van der Waals surface area (Å²) < 4.78 is 36.1. The molecule has 184 valence electrons. The van der Waals surface area contributed by atoms with E-state index in [-0.39, 0.29) is 17.0 Å². The van der Waals surface area contributed by atoms with Crippen LogP contribution in [0.1, 0.15) is 16.7 Å². The molecule has 0 radical (unpaired) electrons. The van der Waals surface area contributed by atoms with Crippen LogP contribution in [-0.4, -0.2) is 48.9 Å². The van der Waals surface area contributed by atoms with E-state index >= 15 is 4.39 Å². The summed E-state index contributed by atoms with van der Waals surface area (Å²) in [4.78, 5) is 36.2. The molecule has 0 fully saturated rings. The topological polar surface area (TPSA) is 141 Å². The van der Waals surface area contributed by atoms with Gasteiger partial charge in [-0.15, -0.1) is 5.10 Å². The average molecular weight is 517 g/mol. The molecule has 4 aromatic rings. The summed E-state index contributed by atoms with van der Waals surface area (Å²) in [5.41, 5.74) is -0.657. The number of alkyl halides is 1. The Bertz CT molecular complexity index is 1530. The summed E-state index contributed by atoms with van der Waals surface area (Å²) in [5.74, 6) is -3.90. The first-order valence-electron chi connectivity index (χ1n) is 10.0. The second kappa shape index (κ2) is 9.92. The van der Waals surface area contributed by atoms with Crippen molar-refractivity contribution in [1.29, 1.82) is 0 Å². The number of hydrogen-bond acceptors (Lipinski definition) is 7. The van der Waals surface area contributed by atoms with Gasteiger partial charge in [-0.3, -0.25) is 14.2 Å². The molecule has 11 nitrogen and oxygen atoms in total. The predicted molar refractivity (Wildman–Crippen MR) is 123 cm³/mol. The number of carbonyl (C=O) groups excluding carboxylic acids is 1. The van der Waals surface area contributed by atoms with E-state index in [4.69, 9.17) is 21.4 Å². The van der Waals surface area contributed by atoms with Gasteiger partial charge in [0, 0.05) is 27.9 Å². The Hall–Kier alpha value is -4.65. The predicted octanol–water partition coefficient (Wildman–Crippen LogP) is 3.10. The molecular weight excluding hydrogens is 502 g/mol. The zero-order valence-electron chi connectivity index (χ0n) is 18.2. The number of ether oxygens (including phenoxy) is 1. The number of aromatic nitrogens is 5. The molecule has 1 unspecified atom stereocenters. The largest absolute Gasteiger partial charge is 0.495 e. The molecule has 1 atom stereocenters. The highest BCUT2D eigenvalue weighted by Gasteiger charge is 2.24. The van der Waals surface area contributed by atoms with Crippen molar-refractivity contribution in [2.75, 3.05) is 12.4 Å². The van der Waals surface area contributed by atoms with Crippen LogP contribution in [0, 0.1) is 5.82 Å². The molecular formula is C22H15ClF2N6O5. The fraction of sp³-hybridized carbons (Fsp3) is 0.0909. The number of amides is 1. The third-order valence-electron chi connectivity index (χ3n) is 5.04. The standard InChI is InChI=1S/C22H15ClF2N6O5/c1-36-18-9-30(20(25)21(33)27-12-3-4-13(22(34)35)16(24)7-12)19(32)8-15(18)14-6-11(23)2-5-17(14)31-10-26-28-29-31/h2-10,20H,1H3,(H,27,33)(H,34,35). The molecule has 4 rings (SSSR count). The summed E-state index contributed by atoms with van der Waals surface area (Å²) in [6, 6.07) is 8.51. The van der Waals surface area contributed by atoms with E-state index in [0.29, 0.717) is 20.8 Å². The molecule has 0 saturated heterocycles. The Morgan fingerprint density at radius 1 is 1.17 bits per heavy atom. The van der Waals surface area contributed by atoms with E-state index in [1.54, 1.807) is 12.1 Å². The minimum Gasteiger partial charge on any atom is -0.495 e. The van der Waals surface area contributed by atoms with Gasteiger partial charge in [0.1, 0.15) is 17.9 Å². The van der Waals surface area contributed by atoms with Gasteiger partial charge in [-0.25, -0.2) is 13.6 Å². The lowest BCUT2D eigenvalue weighted by atomic mass is 10.0. The molecule has 0 aliphatic rings. The number of nitrogens with one attached hydrogen (secondary N) is 1. The van der Waals surface area contributed by atoms with Crippen molar-refractivity contribution in [3.8, 4) is 22.6 Å². The van der Waals surface area contributed by atoms with Crippen LogP contribution in [0.3, 0.4) is 0 Å². The number of carboxylic acids is 1. The van der Waals surface area contributed by atoms with E-state index in [2.05, 4.69) is 20.8 Å². The van der Waals surface area contributed by atoms with Crippen LogP contribution in [-0.2, 0) is 4.79 Å². The minimum atomic E-state index is -2.53. The Kier molecular flexibility index (Phi) is 6.74. The lowest BCUT2D eigenvalue weighted by molar-refractivity contribution is -0.123. The first-order chi connectivity index (χ1) is 17.2. The Morgan fingerprint density at radius 3 is 2.58 bits per heavy atom. The smallest absolute Gasteiger partial charge is 0.338 e. The summed E-state index contributed by atoms with van der Waals surface area (Å²) in [6.45, 7) is 0. The maximum Gasteiger partial charge on any atom is 0.338 e. The van der Waals surface area contributed by atoms with Gasteiger partial charge in [-0.05, 0) is 46.8 Å². The maximum absolute atomic E-state index is 15.1. The third kappa shape index (κ3) is 4.77. The highest BCUT2D eigenvalue weighted by atomic mass is 35.5. The van der Waals surface area contributed by atoms with Crippen LogP contribution in [0.25, 0.3) is 16.8 Å². The van der Waals surface area contributed by atoms with Crippen molar-refractivity contribution in [3.05, 3.63) is 81.7 Å². The van der Waals surface area contributed by atoms with Gasteiger partial charge in [0.15, 0.2) is 0 Å². The number of rotatable bonds is 7. The Labute approximate surface area is 205 Å². The molecule has 14 heteroatoms. The molecule has 0 bridgehead atoms. The van der Waals surface area contributed by atoms with Crippen LogP contribution >= 0.6 is 11.6 Å². The van der Waals surface area contributed by atoms with Crippen molar-refractivity contribution >= 4 is 29.2 Å². The van der Waals surface area contributed by atoms with Crippen LogP contribution < -0.4 is 15.6 Å². The zero-order chi connectivity index (χ0) is 26.0. The number of halogens is 3. The second-order valence-corrected chi connectivity index (χ2v) is 7.68. The van der Waals surface area contributed by atoms with Gasteiger partial charge in [-0.2, -0.15) is 4.68 Å². The number of carboxylic acid groups (broad SMARTS) is 1. The Balaban J connectivity index is 1.69. The minimum absolute atomic E-state index is 0.0264. The molecule has 0 aliphatic carbocycles. The molecule has 2 aromatic carbocycles. The van der Waals surface area contributed by atoms with E-state index in [9.17, 15) is 18.8 Å². The number of nitrogens with zero attached hydrogens (tertiary/aromatic N) is 5. The SMILES string of the molecule is COc1cn(C(F)C(=O)Nc2ccc(C(=O)O)c(F)c2)c(=O)cc1-c1cc(Cl)ccc1-n1cnnn1. The van der Waals surface area contributed by atoms with Gasteiger partial charge in [0.2, 0.25) is 0 Å². The second-order valence-electron chi connectivity index (χ2n) is 7.24. The van der Waals surface area contributed by atoms with E-state index < -0.39 is 35.1 Å². The summed E-state index contributed by atoms with van der Waals surface area (Å²) in [5, 5.41) is 22.3. The number of carbonyl (C=O) groups is 2. The zero-order valence-corrected chi connectivity index (χ0v) is 19.0. The van der Waals surface area contributed by atoms with Crippen LogP contribution in [0.4, 0.5) is 14.5 Å². The monoisotopic (exact) mass is 516 g/mol. The van der Waals surface area contributed by atoms with Gasteiger partial charge >= 0.3 is 5.97 Å². The fourth-order valence-electron chi connectivity index (χ4n) is 3.37. The molecule has 0 aliphatic heterocycles. The van der Waals surface area contributed by atoms with Gasteiger partial charge in [-0.1, -0.05) is 11.6 Å². The van der Waals surface area contributed by atoms with E-state index in [0.717, 1.165) is 30.5 Å². The first-order valence-corrected chi connectivity index (χ1v) is 10.4. The number of methoxy groups -OCH3 is 1. The molecule has 1 amide bonds. The Morgan fingerprint density at radius 2 is 1.94 bits per heavy atom. The molecule has 0 spiro atoms. The quantitative estimate of drug-likeness (QED) is 0.382. The molecule has 0 saturated carbocycles. The van der Waals surface area contributed by atoms with Gasteiger partial charge < -0.3 is 15.2 Å². The first kappa shape index (κ1) is 24.5. The van der Waals surface area contributed by atoms with Crippen molar-refractivity contribution in [1.82, 2.24) is 24.8 Å². The highest BCUT2D eigenvalue weighted by Crippen LogP contribution is 2.35.